The van der Waals surface area contributed by atoms with Crippen LogP contribution in [0.25, 0.3) is 0 Å². The average Bonchev–Trinajstić information content (AvgIpc) is 2.61. The fourth-order valence-electron chi connectivity index (χ4n) is 2.40. The van der Waals surface area contributed by atoms with Gasteiger partial charge in [0.1, 0.15) is 5.82 Å². The van der Waals surface area contributed by atoms with Gasteiger partial charge in [0.2, 0.25) is 0 Å². The Labute approximate surface area is 95.8 Å². The van der Waals surface area contributed by atoms with Crippen molar-refractivity contribution in [2.75, 3.05) is 13.7 Å². The summed E-state index contributed by atoms with van der Waals surface area (Å²) in [6.45, 7) is 2.80. The van der Waals surface area contributed by atoms with Crippen molar-refractivity contribution in [1.29, 1.82) is 0 Å². The summed E-state index contributed by atoms with van der Waals surface area (Å²) in [6, 6.07) is 5.76. The van der Waals surface area contributed by atoms with E-state index in [-0.39, 0.29) is 5.82 Å². The molecule has 1 aliphatic rings. The molecule has 2 unspecified atom stereocenters. The first-order valence-corrected chi connectivity index (χ1v) is 5.74. The van der Waals surface area contributed by atoms with Crippen molar-refractivity contribution >= 4 is 0 Å². The average molecular weight is 223 g/mol. The summed E-state index contributed by atoms with van der Waals surface area (Å²) in [7, 11) is 1.70. The lowest BCUT2D eigenvalue weighted by molar-refractivity contribution is 0.166. The van der Waals surface area contributed by atoms with Gasteiger partial charge < -0.3 is 10.1 Å². The zero-order chi connectivity index (χ0) is 11.5. The van der Waals surface area contributed by atoms with Crippen molar-refractivity contribution in [1.82, 2.24) is 5.32 Å². The van der Waals surface area contributed by atoms with Crippen LogP contribution in [-0.4, -0.2) is 19.8 Å². The highest BCUT2D eigenvalue weighted by molar-refractivity contribution is 5.35. The molecule has 1 aromatic rings. The molecule has 2 atom stereocenters. The quantitative estimate of drug-likeness (QED) is 0.846. The molecule has 16 heavy (non-hydrogen) atoms. The summed E-state index contributed by atoms with van der Waals surface area (Å²) < 4.78 is 18.1. The lowest BCUT2D eigenvalue weighted by atomic mass is 10.1. The number of hydrogen-bond donors (Lipinski definition) is 1. The monoisotopic (exact) mass is 223 g/mol. The normalized spacial score (nSPS) is 20.8. The van der Waals surface area contributed by atoms with Gasteiger partial charge in [0.05, 0.1) is 6.61 Å². The smallest absolute Gasteiger partial charge is 0.123 e. The highest BCUT2D eigenvalue weighted by Gasteiger charge is 2.23. The number of benzene rings is 1. The van der Waals surface area contributed by atoms with Crippen LogP contribution in [0.1, 0.15) is 30.5 Å². The number of halogens is 1. The molecule has 0 fully saturated rings. The molecule has 2 nitrogen and oxygen atoms in total. The number of aryl methyl sites for hydroxylation is 1. The van der Waals surface area contributed by atoms with Crippen molar-refractivity contribution in [3.8, 4) is 0 Å². The van der Waals surface area contributed by atoms with E-state index < -0.39 is 0 Å². The number of nitrogens with one attached hydrogen (secondary N) is 1. The first kappa shape index (κ1) is 11.6. The van der Waals surface area contributed by atoms with Crippen LogP contribution in [-0.2, 0) is 11.2 Å². The predicted molar refractivity (Wildman–Crippen MR) is 61.9 cm³/mol. The van der Waals surface area contributed by atoms with E-state index in [0.29, 0.717) is 18.7 Å². The Morgan fingerprint density at radius 3 is 3.12 bits per heavy atom. The second kappa shape index (κ2) is 4.93. The summed E-state index contributed by atoms with van der Waals surface area (Å²) in [5.74, 6) is -0.135. The minimum atomic E-state index is -0.135. The fourth-order valence-corrected chi connectivity index (χ4v) is 2.40. The third-order valence-corrected chi connectivity index (χ3v) is 3.09. The first-order valence-electron chi connectivity index (χ1n) is 5.74. The topological polar surface area (TPSA) is 21.3 Å². The summed E-state index contributed by atoms with van der Waals surface area (Å²) in [5.41, 5.74) is 2.38. The van der Waals surface area contributed by atoms with Gasteiger partial charge in [0.15, 0.2) is 0 Å². The van der Waals surface area contributed by atoms with Gasteiger partial charge in [-0.05, 0) is 43.0 Å². The molecule has 1 N–H and O–H groups in total. The van der Waals surface area contributed by atoms with Crippen LogP contribution in [0, 0.1) is 5.82 Å². The number of hydrogen-bond acceptors (Lipinski definition) is 2. The van der Waals surface area contributed by atoms with E-state index in [1.165, 1.54) is 5.56 Å². The maximum absolute atomic E-state index is 13.0. The van der Waals surface area contributed by atoms with Crippen LogP contribution >= 0.6 is 0 Å². The van der Waals surface area contributed by atoms with Gasteiger partial charge in [-0.3, -0.25) is 0 Å². The highest BCUT2D eigenvalue weighted by atomic mass is 19.1. The van der Waals surface area contributed by atoms with E-state index in [1.807, 2.05) is 6.07 Å². The lowest BCUT2D eigenvalue weighted by Crippen LogP contribution is -2.32. The molecule has 0 radical (unpaired) electrons. The van der Waals surface area contributed by atoms with E-state index in [0.717, 1.165) is 18.4 Å². The molecular formula is C13H18FNO. The van der Waals surface area contributed by atoms with Crippen molar-refractivity contribution in [2.24, 2.45) is 0 Å². The van der Waals surface area contributed by atoms with Gasteiger partial charge >= 0.3 is 0 Å². The zero-order valence-electron chi connectivity index (χ0n) is 9.79. The van der Waals surface area contributed by atoms with Crippen molar-refractivity contribution in [3.05, 3.63) is 35.1 Å². The SMILES string of the molecule is COCC(C)NC1CCc2cc(F)ccc21. The molecule has 0 spiro atoms. The largest absolute Gasteiger partial charge is 0.383 e. The molecule has 1 aliphatic carbocycles. The second-order valence-electron chi connectivity index (χ2n) is 4.46. The van der Waals surface area contributed by atoms with Crippen molar-refractivity contribution in [3.63, 3.8) is 0 Å². The Balaban J connectivity index is 2.06. The molecule has 88 valence electrons. The Kier molecular flexibility index (Phi) is 3.56. The van der Waals surface area contributed by atoms with Crippen LogP contribution in [0.2, 0.25) is 0 Å². The van der Waals surface area contributed by atoms with Gasteiger partial charge in [0.25, 0.3) is 0 Å². The minimum absolute atomic E-state index is 0.135. The van der Waals surface area contributed by atoms with E-state index in [2.05, 4.69) is 12.2 Å². The minimum Gasteiger partial charge on any atom is -0.383 e. The third kappa shape index (κ3) is 2.42. The third-order valence-electron chi connectivity index (χ3n) is 3.09. The van der Waals surface area contributed by atoms with E-state index in [9.17, 15) is 4.39 Å². The van der Waals surface area contributed by atoms with Crippen LogP contribution < -0.4 is 5.32 Å². The van der Waals surface area contributed by atoms with Gasteiger partial charge in [-0.1, -0.05) is 6.07 Å². The number of ether oxygens (including phenoxy) is 1. The second-order valence-corrected chi connectivity index (χ2v) is 4.46. The van der Waals surface area contributed by atoms with E-state index in [4.69, 9.17) is 4.74 Å². The molecule has 1 aromatic carbocycles. The summed E-state index contributed by atoms with van der Waals surface area (Å²) in [6.07, 6.45) is 2.01. The molecule has 0 aliphatic heterocycles. The molecule has 0 saturated heterocycles. The molecule has 0 amide bonds. The molecule has 0 saturated carbocycles. The Bertz CT molecular complexity index is 367. The summed E-state index contributed by atoms with van der Waals surface area (Å²) in [5, 5.41) is 3.51. The maximum Gasteiger partial charge on any atom is 0.123 e. The van der Waals surface area contributed by atoms with Crippen molar-refractivity contribution < 1.29 is 9.13 Å². The number of rotatable bonds is 4. The Hall–Kier alpha value is -0.930. The highest BCUT2D eigenvalue weighted by Crippen LogP contribution is 2.31. The summed E-state index contributed by atoms with van der Waals surface area (Å²) in [4.78, 5) is 0. The lowest BCUT2D eigenvalue weighted by Gasteiger charge is -2.19. The molecule has 0 bridgehead atoms. The fraction of sp³-hybridized carbons (Fsp3) is 0.538. The standard InChI is InChI=1S/C13H18FNO/c1-9(8-16-2)15-13-6-3-10-7-11(14)4-5-12(10)13/h4-5,7,9,13,15H,3,6,8H2,1-2H3. The summed E-state index contributed by atoms with van der Waals surface area (Å²) >= 11 is 0. The van der Waals surface area contributed by atoms with Gasteiger partial charge in [0, 0.05) is 19.2 Å². The van der Waals surface area contributed by atoms with E-state index in [1.54, 1.807) is 19.2 Å². The van der Waals surface area contributed by atoms with Crippen LogP contribution in [0.15, 0.2) is 18.2 Å². The maximum atomic E-state index is 13.0. The number of methoxy groups -OCH3 is 1. The zero-order valence-corrected chi connectivity index (χ0v) is 9.79. The molecule has 2 rings (SSSR count). The number of fused-ring (bicyclic) bond motifs is 1. The molecular weight excluding hydrogens is 205 g/mol. The van der Waals surface area contributed by atoms with Crippen molar-refractivity contribution in [2.45, 2.75) is 31.8 Å². The Morgan fingerprint density at radius 1 is 1.56 bits per heavy atom. The van der Waals surface area contributed by atoms with Crippen LogP contribution in [0.4, 0.5) is 4.39 Å². The first-order chi connectivity index (χ1) is 7.70. The van der Waals surface area contributed by atoms with Crippen LogP contribution in [0.3, 0.4) is 0 Å². The van der Waals surface area contributed by atoms with Crippen LogP contribution in [0.5, 0.6) is 0 Å². The predicted octanol–water partition coefficient (Wildman–Crippen LogP) is 2.44. The van der Waals surface area contributed by atoms with E-state index >= 15 is 0 Å². The molecule has 3 heteroatoms. The molecule has 0 aromatic heterocycles. The molecule has 0 heterocycles. The Morgan fingerprint density at radius 2 is 2.38 bits per heavy atom. The van der Waals surface area contributed by atoms with Gasteiger partial charge in [-0.25, -0.2) is 4.39 Å². The van der Waals surface area contributed by atoms with Gasteiger partial charge in [-0.15, -0.1) is 0 Å². The van der Waals surface area contributed by atoms with Gasteiger partial charge in [-0.2, -0.15) is 0 Å².